The van der Waals surface area contributed by atoms with Crippen molar-refractivity contribution in [1.82, 2.24) is 0 Å². The molecule has 0 aliphatic carbocycles. The van der Waals surface area contributed by atoms with E-state index in [1.54, 1.807) is 18.2 Å². The van der Waals surface area contributed by atoms with Crippen LogP contribution in [0.5, 0.6) is 0 Å². The highest BCUT2D eigenvalue weighted by Crippen LogP contribution is 2.43. The van der Waals surface area contributed by atoms with Crippen LogP contribution in [0.25, 0.3) is 10.1 Å². The van der Waals surface area contributed by atoms with Crippen LogP contribution in [-0.2, 0) is 10.0 Å². The molecule has 3 rings (SSSR count). The Balaban J connectivity index is 1.99. The SMILES string of the molecule is Nc1ccc(S(=O)(=O)N(CCCCC(F)(F)F)c2sc3ccccc3c2Cl)cc1. The van der Waals surface area contributed by atoms with Gasteiger partial charge >= 0.3 is 6.18 Å². The lowest BCUT2D eigenvalue weighted by Gasteiger charge is -2.23. The van der Waals surface area contributed by atoms with Gasteiger partial charge in [0.1, 0.15) is 5.00 Å². The predicted molar refractivity (Wildman–Crippen MR) is 112 cm³/mol. The van der Waals surface area contributed by atoms with Gasteiger partial charge in [-0.3, -0.25) is 4.31 Å². The third-order valence-corrected chi connectivity index (χ3v) is 7.90. The Hall–Kier alpha value is -1.97. The molecular formula is C19H18ClF3N2O2S2. The Morgan fingerprint density at radius 2 is 1.69 bits per heavy atom. The van der Waals surface area contributed by atoms with Crippen LogP contribution in [0, 0.1) is 0 Å². The van der Waals surface area contributed by atoms with Crippen LogP contribution in [0.4, 0.5) is 23.9 Å². The van der Waals surface area contributed by atoms with E-state index >= 15 is 0 Å². The quantitative estimate of drug-likeness (QED) is 0.342. The maximum Gasteiger partial charge on any atom is 0.389 e. The number of hydrogen-bond donors (Lipinski definition) is 1. The maximum atomic E-state index is 13.3. The summed E-state index contributed by atoms with van der Waals surface area (Å²) in [7, 11) is -4.03. The molecule has 0 unspecified atom stereocenters. The lowest BCUT2D eigenvalue weighted by molar-refractivity contribution is -0.135. The molecule has 0 amide bonds. The minimum Gasteiger partial charge on any atom is -0.399 e. The summed E-state index contributed by atoms with van der Waals surface area (Å²) in [5.41, 5.74) is 6.04. The van der Waals surface area contributed by atoms with Crippen molar-refractivity contribution >= 4 is 53.7 Å². The number of nitrogen functional groups attached to an aromatic ring is 1. The summed E-state index contributed by atoms with van der Waals surface area (Å²) < 4.78 is 65.9. The molecule has 0 saturated heterocycles. The molecule has 156 valence electrons. The van der Waals surface area contributed by atoms with E-state index in [4.69, 9.17) is 17.3 Å². The van der Waals surface area contributed by atoms with Crippen LogP contribution in [0.1, 0.15) is 19.3 Å². The van der Waals surface area contributed by atoms with Crippen LogP contribution in [0.2, 0.25) is 5.02 Å². The summed E-state index contributed by atoms with van der Waals surface area (Å²) in [5.74, 6) is 0. The number of halogens is 4. The van der Waals surface area contributed by atoms with Gasteiger partial charge in [-0.05, 0) is 43.2 Å². The van der Waals surface area contributed by atoms with E-state index in [0.29, 0.717) is 11.1 Å². The Kier molecular flexibility index (Phi) is 6.30. The number of hydrogen-bond acceptors (Lipinski definition) is 4. The van der Waals surface area contributed by atoms with Crippen LogP contribution in [0.3, 0.4) is 0 Å². The number of fused-ring (bicyclic) bond motifs is 1. The van der Waals surface area contributed by atoms with Crippen molar-refractivity contribution in [3.05, 3.63) is 53.6 Å². The molecular weight excluding hydrogens is 445 g/mol. The molecule has 0 fully saturated rings. The molecule has 1 aromatic heterocycles. The molecule has 1 heterocycles. The number of rotatable bonds is 7. The first-order valence-electron chi connectivity index (χ1n) is 8.71. The zero-order chi connectivity index (χ0) is 21.2. The third-order valence-electron chi connectivity index (χ3n) is 4.28. The molecule has 0 bridgehead atoms. The fourth-order valence-corrected chi connectivity index (χ4v) is 6.18. The molecule has 29 heavy (non-hydrogen) atoms. The fourth-order valence-electron chi connectivity index (χ4n) is 2.84. The van der Waals surface area contributed by atoms with Crippen LogP contribution in [-0.4, -0.2) is 21.1 Å². The zero-order valence-electron chi connectivity index (χ0n) is 15.1. The first kappa shape index (κ1) is 21.7. The van der Waals surface area contributed by atoms with Gasteiger partial charge in [0.05, 0.1) is 9.92 Å². The average Bonchev–Trinajstić information content (AvgIpc) is 2.97. The first-order valence-corrected chi connectivity index (χ1v) is 11.3. The molecule has 0 radical (unpaired) electrons. The van der Waals surface area contributed by atoms with Gasteiger partial charge in [0, 0.05) is 28.7 Å². The first-order chi connectivity index (χ1) is 13.6. The van der Waals surface area contributed by atoms with Crippen molar-refractivity contribution in [2.24, 2.45) is 0 Å². The van der Waals surface area contributed by atoms with Crippen molar-refractivity contribution < 1.29 is 21.6 Å². The van der Waals surface area contributed by atoms with Gasteiger partial charge in [-0.25, -0.2) is 8.42 Å². The molecule has 0 atom stereocenters. The summed E-state index contributed by atoms with van der Waals surface area (Å²) in [5, 5.41) is 1.25. The van der Waals surface area contributed by atoms with Crippen molar-refractivity contribution in [2.45, 2.75) is 30.3 Å². The van der Waals surface area contributed by atoms with Crippen LogP contribution < -0.4 is 10.0 Å². The van der Waals surface area contributed by atoms with Gasteiger partial charge in [-0.15, -0.1) is 11.3 Å². The van der Waals surface area contributed by atoms with E-state index in [0.717, 1.165) is 9.01 Å². The summed E-state index contributed by atoms with van der Waals surface area (Å²) in [6.45, 7) is -0.116. The summed E-state index contributed by atoms with van der Waals surface area (Å²) in [6.07, 6.45) is -5.39. The zero-order valence-corrected chi connectivity index (χ0v) is 17.5. The van der Waals surface area contributed by atoms with Gasteiger partial charge in [0.2, 0.25) is 0 Å². The van der Waals surface area contributed by atoms with E-state index in [2.05, 4.69) is 0 Å². The second-order valence-corrected chi connectivity index (χ2v) is 9.71. The van der Waals surface area contributed by atoms with E-state index in [9.17, 15) is 21.6 Å². The number of anilines is 2. The van der Waals surface area contributed by atoms with Gasteiger partial charge in [0.25, 0.3) is 10.0 Å². The Labute approximate surface area is 175 Å². The van der Waals surface area contributed by atoms with Gasteiger partial charge in [-0.2, -0.15) is 13.2 Å². The Morgan fingerprint density at radius 1 is 1.03 bits per heavy atom. The summed E-state index contributed by atoms with van der Waals surface area (Å²) in [6, 6.07) is 12.8. The monoisotopic (exact) mass is 462 g/mol. The van der Waals surface area contributed by atoms with Gasteiger partial charge < -0.3 is 5.73 Å². The Bertz CT molecular complexity index is 1100. The Morgan fingerprint density at radius 3 is 2.31 bits per heavy atom. The van der Waals surface area contributed by atoms with Crippen LogP contribution in [0.15, 0.2) is 53.4 Å². The van der Waals surface area contributed by atoms with E-state index in [1.807, 2.05) is 6.07 Å². The molecule has 4 nitrogen and oxygen atoms in total. The highest BCUT2D eigenvalue weighted by Gasteiger charge is 2.30. The van der Waals surface area contributed by atoms with E-state index < -0.39 is 22.6 Å². The number of nitrogens with zero attached hydrogens (tertiary/aromatic N) is 1. The van der Waals surface area contributed by atoms with Crippen molar-refractivity contribution in [3.63, 3.8) is 0 Å². The van der Waals surface area contributed by atoms with E-state index in [1.165, 1.54) is 35.6 Å². The smallest absolute Gasteiger partial charge is 0.389 e. The molecule has 0 spiro atoms. The number of nitrogens with two attached hydrogens (primary N) is 1. The number of alkyl halides is 3. The maximum absolute atomic E-state index is 13.3. The highest BCUT2D eigenvalue weighted by molar-refractivity contribution is 7.93. The van der Waals surface area contributed by atoms with Crippen molar-refractivity contribution in [2.75, 3.05) is 16.6 Å². The standard InChI is InChI=1S/C19H18ClF3N2O2S2/c20-17-15-5-1-2-6-16(15)28-18(17)25(12-4-3-11-19(21,22)23)29(26,27)14-9-7-13(24)8-10-14/h1-2,5-10H,3-4,11-12,24H2. The second-order valence-electron chi connectivity index (χ2n) is 6.44. The minimum absolute atomic E-state index is 0.00366. The number of benzene rings is 2. The molecule has 0 aliphatic heterocycles. The van der Waals surface area contributed by atoms with Gasteiger partial charge in [-0.1, -0.05) is 29.8 Å². The number of sulfonamides is 1. The van der Waals surface area contributed by atoms with Crippen molar-refractivity contribution in [1.29, 1.82) is 0 Å². The molecule has 3 aromatic rings. The lowest BCUT2D eigenvalue weighted by Crippen LogP contribution is -2.31. The highest BCUT2D eigenvalue weighted by atomic mass is 35.5. The molecule has 0 aliphatic rings. The topological polar surface area (TPSA) is 63.4 Å². The van der Waals surface area contributed by atoms with Crippen LogP contribution >= 0.6 is 22.9 Å². The fraction of sp³-hybridized carbons (Fsp3) is 0.263. The summed E-state index contributed by atoms with van der Waals surface area (Å²) >= 11 is 7.65. The normalized spacial score (nSPS) is 12.4. The van der Waals surface area contributed by atoms with Gasteiger partial charge in [0.15, 0.2) is 0 Å². The predicted octanol–water partition coefficient (Wildman–Crippen LogP) is 6.06. The lowest BCUT2D eigenvalue weighted by atomic mass is 10.2. The number of thiophene rings is 1. The minimum atomic E-state index is -4.28. The largest absolute Gasteiger partial charge is 0.399 e. The molecule has 0 saturated carbocycles. The second kappa shape index (κ2) is 8.41. The van der Waals surface area contributed by atoms with E-state index in [-0.39, 0.29) is 34.3 Å². The molecule has 10 heteroatoms. The molecule has 2 N–H and O–H groups in total. The number of unbranched alkanes of at least 4 members (excludes halogenated alkanes) is 1. The third kappa shape index (κ3) is 4.96. The average molecular weight is 463 g/mol. The molecule has 2 aromatic carbocycles. The summed E-state index contributed by atoms with van der Waals surface area (Å²) in [4.78, 5) is -0.00366. The van der Waals surface area contributed by atoms with Crippen molar-refractivity contribution in [3.8, 4) is 0 Å².